The van der Waals surface area contributed by atoms with E-state index in [0.717, 1.165) is 32.0 Å². The quantitative estimate of drug-likeness (QED) is 0.759. The molecule has 1 saturated carbocycles. The Morgan fingerprint density at radius 2 is 1.75 bits per heavy atom. The van der Waals surface area contributed by atoms with Crippen LogP contribution in [-0.4, -0.2) is 41.5 Å². The first-order chi connectivity index (χ1) is 9.58. The SMILES string of the molecule is CC(C)CCN(C(=O)N1CCC(C)CC1)C1CCCC1. The Bertz CT molecular complexity index is 302. The molecule has 1 heterocycles. The Labute approximate surface area is 124 Å². The largest absolute Gasteiger partial charge is 0.325 e. The van der Waals surface area contributed by atoms with Gasteiger partial charge in [0, 0.05) is 25.7 Å². The molecule has 2 aliphatic rings. The fourth-order valence-corrected chi connectivity index (χ4v) is 3.43. The Balaban J connectivity index is 1.95. The van der Waals surface area contributed by atoms with Gasteiger partial charge < -0.3 is 9.80 Å². The maximum absolute atomic E-state index is 12.9. The molecule has 0 N–H and O–H groups in total. The lowest BCUT2D eigenvalue weighted by Crippen LogP contribution is -2.50. The summed E-state index contributed by atoms with van der Waals surface area (Å²) in [5.41, 5.74) is 0. The van der Waals surface area contributed by atoms with Gasteiger partial charge in [0.05, 0.1) is 0 Å². The molecule has 3 nitrogen and oxygen atoms in total. The molecule has 0 unspecified atom stereocenters. The third kappa shape index (κ3) is 4.13. The number of carbonyl (C=O) groups excluding carboxylic acids is 1. The van der Waals surface area contributed by atoms with Crippen LogP contribution in [0, 0.1) is 11.8 Å². The van der Waals surface area contributed by atoms with Gasteiger partial charge in [0.15, 0.2) is 0 Å². The molecular formula is C17H32N2O. The van der Waals surface area contributed by atoms with Crippen molar-refractivity contribution in [2.75, 3.05) is 19.6 Å². The van der Waals surface area contributed by atoms with Crippen molar-refractivity contribution in [1.82, 2.24) is 9.80 Å². The summed E-state index contributed by atoms with van der Waals surface area (Å²) in [5, 5.41) is 0. The molecule has 2 amide bonds. The summed E-state index contributed by atoms with van der Waals surface area (Å²) in [7, 11) is 0. The predicted octanol–water partition coefficient (Wildman–Crippen LogP) is 4.13. The van der Waals surface area contributed by atoms with Crippen molar-refractivity contribution in [2.45, 2.75) is 71.8 Å². The lowest BCUT2D eigenvalue weighted by atomic mass is 9.99. The monoisotopic (exact) mass is 280 g/mol. The number of amides is 2. The van der Waals surface area contributed by atoms with Crippen LogP contribution in [0.4, 0.5) is 4.79 Å². The first-order valence-electron chi connectivity index (χ1n) is 8.63. The maximum Gasteiger partial charge on any atom is 0.320 e. The van der Waals surface area contributed by atoms with Crippen molar-refractivity contribution in [3.63, 3.8) is 0 Å². The molecule has 1 aliphatic carbocycles. The first-order valence-corrected chi connectivity index (χ1v) is 8.63. The second-order valence-corrected chi connectivity index (χ2v) is 7.27. The Hall–Kier alpha value is -0.730. The summed E-state index contributed by atoms with van der Waals surface area (Å²) in [6.45, 7) is 9.68. The molecule has 1 saturated heterocycles. The highest BCUT2D eigenvalue weighted by Crippen LogP contribution is 2.26. The minimum absolute atomic E-state index is 0.324. The smallest absolute Gasteiger partial charge is 0.320 e. The van der Waals surface area contributed by atoms with E-state index in [1.54, 1.807) is 0 Å². The molecule has 0 aromatic carbocycles. The number of urea groups is 1. The second-order valence-electron chi connectivity index (χ2n) is 7.27. The van der Waals surface area contributed by atoms with Gasteiger partial charge in [0.2, 0.25) is 0 Å². The summed E-state index contributed by atoms with van der Waals surface area (Å²) < 4.78 is 0. The fourth-order valence-electron chi connectivity index (χ4n) is 3.43. The van der Waals surface area contributed by atoms with Crippen LogP contribution >= 0.6 is 0 Å². The maximum atomic E-state index is 12.9. The number of rotatable bonds is 4. The number of hydrogen-bond donors (Lipinski definition) is 0. The van der Waals surface area contributed by atoms with Gasteiger partial charge in [-0.1, -0.05) is 33.6 Å². The summed E-state index contributed by atoms with van der Waals surface area (Å²) in [4.78, 5) is 17.2. The van der Waals surface area contributed by atoms with Gasteiger partial charge in [-0.25, -0.2) is 4.79 Å². The summed E-state index contributed by atoms with van der Waals surface area (Å²) >= 11 is 0. The third-order valence-corrected chi connectivity index (χ3v) is 5.01. The molecule has 1 aliphatic heterocycles. The molecule has 0 atom stereocenters. The highest BCUT2D eigenvalue weighted by molar-refractivity contribution is 5.75. The van der Waals surface area contributed by atoms with E-state index in [4.69, 9.17) is 0 Å². The van der Waals surface area contributed by atoms with Gasteiger partial charge in [0.25, 0.3) is 0 Å². The Morgan fingerprint density at radius 1 is 1.15 bits per heavy atom. The van der Waals surface area contributed by atoms with E-state index in [1.165, 1.54) is 38.5 Å². The number of likely N-dealkylation sites (tertiary alicyclic amines) is 1. The van der Waals surface area contributed by atoms with Crippen molar-refractivity contribution < 1.29 is 4.79 Å². The minimum atomic E-state index is 0.324. The molecule has 0 bridgehead atoms. The molecule has 20 heavy (non-hydrogen) atoms. The minimum Gasteiger partial charge on any atom is -0.325 e. The van der Waals surface area contributed by atoms with Crippen LogP contribution in [0.15, 0.2) is 0 Å². The highest BCUT2D eigenvalue weighted by Gasteiger charge is 2.31. The van der Waals surface area contributed by atoms with Crippen LogP contribution < -0.4 is 0 Å². The van der Waals surface area contributed by atoms with Gasteiger partial charge >= 0.3 is 6.03 Å². The van der Waals surface area contributed by atoms with E-state index in [9.17, 15) is 4.79 Å². The van der Waals surface area contributed by atoms with Crippen LogP contribution in [-0.2, 0) is 0 Å². The van der Waals surface area contributed by atoms with Gasteiger partial charge in [-0.2, -0.15) is 0 Å². The molecule has 2 rings (SSSR count). The molecular weight excluding hydrogens is 248 g/mol. The normalized spacial score (nSPS) is 21.7. The first kappa shape index (κ1) is 15.7. The number of piperidine rings is 1. The molecule has 0 radical (unpaired) electrons. The van der Waals surface area contributed by atoms with Crippen molar-refractivity contribution in [3.05, 3.63) is 0 Å². The van der Waals surface area contributed by atoms with Crippen LogP contribution in [0.2, 0.25) is 0 Å². The average Bonchev–Trinajstić information content (AvgIpc) is 2.93. The molecule has 0 aromatic rings. The van der Waals surface area contributed by atoms with E-state index in [1.807, 2.05) is 0 Å². The van der Waals surface area contributed by atoms with Crippen LogP contribution in [0.5, 0.6) is 0 Å². The Morgan fingerprint density at radius 3 is 2.30 bits per heavy atom. The van der Waals surface area contributed by atoms with E-state index >= 15 is 0 Å². The van der Waals surface area contributed by atoms with Crippen LogP contribution in [0.25, 0.3) is 0 Å². The average molecular weight is 280 g/mol. The van der Waals surface area contributed by atoms with E-state index in [-0.39, 0.29) is 0 Å². The molecule has 116 valence electrons. The van der Waals surface area contributed by atoms with Crippen molar-refractivity contribution in [2.24, 2.45) is 11.8 Å². The van der Waals surface area contributed by atoms with Gasteiger partial charge in [-0.15, -0.1) is 0 Å². The lowest BCUT2D eigenvalue weighted by Gasteiger charge is -2.38. The fraction of sp³-hybridized carbons (Fsp3) is 0.941. The highest BCUT2D eigenvalue weighted by atomic mass is 16.2. The Kier molecular flexibility index (Phi) is 5.74. The lowest BCUT2D eigenvalue weighted by molar-refractivity contribution is 0.116. The topological polar surface area (TPSA) is 23.6 Å². The zero-order valence-corrected chi connectivity index (χ0v) is 13.6. The number of nitrogens with zero attached hydrogens (tertiary/aromatic N) is 2. The van der Waals surface area contributed by atoms with Gasteiger partial charge in [0.1, 0.15) is 0 Å². The predicted molar refractivity (Wildman–Crippen MR) is 83.8 cm³/mol. The second kappa shape index (κ2) is 7.33. The summed E-state index contributed by atoms with van der Waals surface area (Å²) in [5.74, 6) is 1.46. The van der Waals surface area contributed by atoms with E-state index in [0.29, 0.717) is 18.0 Å². The van der Waals surface area contributed by atoms with Crippen molar-refractivity contribution >= 4 is 6.03 Å². The van der Waals surface area contributed by atoms with E-state index < -0.39 is 0 Å². The standard InChI is InChI=1S/C17H32N2O/c1-14(2)8-13-19(16-6-4-5-7-16)17(20)18-11-9-15(3)10-12-18/h14-16H,4-13H2,1-3H3. The van der Waals surface area contributed by atoms with Crippen LogP contribution in [0.1, 0.15) is 65.7 Å². The third-order valence-electron chi connectivity index (χ3n) is 5.01. The number of carbonyl (C=O) groups is 1. The van der Waals surface area contributed by atoms with Crippen LogP contribution in [0.3, 0.4) is 0 Å². The van der Waals surface area contributed by atoms with Crippen molar-refractivity contribution in [3.8, 4) is 0 Å². The van der Waals surface area contributed by atoms with E-state index in [2.05, 4.69) is 30.6 Å². The number of hydrogen-bond acceptors (Lipinski definition) is 1. The van der Waals surface area contributed by atoms with Crippen molar-refractivity contribution in [1.29, 1.82) is 0 Å². The molecule has 2 fully saturated rings. The zero-order chi connectivity index (χ0) is 14.5. The summed E-state index contributed by atoms with van der Waals surface area (Å²) in [6.07, 6.45) is 8.51. The van der Waals surface area contributed by atoms with Gasteiger partial charge in [-0.3, -0.25) is 0 Å². The summed E-state index contributed by atoms with van der Waals surface area (Å²) in [6, 6.07) is 0.838. The molecule has 0 spiro atoms. The zero-order valence-electron chi connectivity index (χ0n) is 13.6. The molecule has 3 heteroatoms. The molecule has 0 aromatic heterocycles. The van der Waals surface area contributed by atoms with Gasteiger partial charge in [-0.05, 0) is 43.9 Å².